The second-order valence-electron chi connectivity index (χ2n) is 4.15. The monoisotopic (exact) mass is 226 g/mol. The van der Waals surface area contributed by atoms with Crippen molar-refractivity contribution in [2.24, 2.45) is 0 Å². The molecule has 0 radical (unpaired) electrons. The summed E-state index contributed by atoms with van der Waals surface area (Å²) in [4.78, 5) is 4.33. The molecule has 1 aromatic rings. The normalized spacial score (nSPS) is 28.1. The Kier molecular flexibility index (Phi) is 3.72. The molecule has 1 aromatic heterocycles. The highest BCUT2D eigenvalue weighted by atomic mass is 32.1. The predicted molar refractivity (Wildman–Crippen MR) is 62.4 cm³/mol. The van der Waals surface area contributed by atoms with Crippen LogP contribution in [0.25, 0.3) is 0 Å². The molecular weight excluding hydrogens is 208 g/mol. The maximum Gasteiger partial charge on any atom is 0.0965 e. The smallest absolute Gasteiger partial charge is 0.0965 e. The largest absolute Gasteiger partial charge is 0.377 e. The molecule has 3 unspecified atom stereocenters. The van der Waals surface area contributed by atoms with Gasteiger partial charge in [0.25, 0.3) is 0 Å². The molecule has 0 aliphatic carbocycles. The summed E-state index contributed by atoms with van der Waals surface area (Å²) >= 11 is 1.73. The minimum Gasteiger partial charge on any atom is -0.377 e. The number of rotatable bonds is 4. The van der Waals surface area contributed by atoms with Gasteiger partial charge in [0.05, 0.1) is 11.1 Å². The summed E-state index contributed by atoms with van der Waals surface area (Å²) in [6, 6.07) is 0.521. The van der Waals surface area contributed by atoms with Crippen LogP contribution in [0.2, 0.25) is 0 Å². The van der Waals surface area contributed by atoms with E-state index >= 15 is 0 Å². The molecule has 1 saturated heterocycles. The van der Waals surface area contributed by atoms with E-state index in [1.165, 1.54) is 5.01 Å². The lowest BCUT2D eigenvalue weighted by Crippen LogP contribution is -2.36. The van der Waals surface area contributed by atoms with E-state index in [1.54, 1.807) is 11.3 Å². The minimum atomic E-state index is 0.355. The average molecular weight is 226 g/mol. The lowest BCUT2D eigenvalue weighted by molar-refractivity contribution is 0.113. The molecule has 4 heteroatoms. The van der Waals surface area contributed by atoms with Gasteiger partial charge in [0.15, 0.2) is 0 Å². The first-order chi connectivity index (χ1) is 7.27. The Morgan fingerprint density at radius 1 is 1.73 bits per heavy atom. The number of nitrogens with zero attached hydrogens (tertiary/aromatic N) is 1. The van der Waals surface area contributed by atoms with Crippen LogP contribution in [-0.2, 0) is 4.74 Å². The van der Waals surface area contributed by atoms with Gasteiger partial charge < -0.3 is 10.1 Å². The van der Waals surface area contributed by atoms with E-state index < -0.39 is 0 Å². The van der Waals surface area contributed by atoms with Crippen molar-refractivity contribution in [2.45, 2.75) is 38.3 Å². The molecule has 0 amide bonds. The zero-order valence-corrected chi connectivity index (χ0v) is 10.1. The molecule has 1 fully saturated rings. The van der Waals surface area contributed by atoms with Gasteiger partial charge in [-0.25, -0.2) is 4.98 Å². The average Bonchev–Trinajstić information content (AvgIpc) is 2.85. The molecule has 0 spiro atoms. The highest BCUT2D eigenvalue weighted by Crippen LogP contribution is 2.18. The van der Waals surface area contributed by atoms with Crippen molar-refractivity contribution >= 4 is 11.3 Å². The highest BCUT2D eigenvalue weighted by Gasteiger charge is 2.24. The maximum absolute atomic E-state index is 5.51. The van der Waals surface area contributed by atoms with Crippen LogP contribution in [0.1, 0.15) is 31.2 Å². The third kappa shape index (κ3) is 2.77. The SMILES string of the molecule is CC(CNC1CCOC1C)c1nccs1. The third-order valence-electron chi connectivity index (χ3n) is 2.94. The summed E-state index contributed by atoms with van der Waals surface area (Å²) in [5.41, 5.74) is 0. The van der Waals surface area contributed by atoms with Gasteiger partial charge in [-0.3, -0.25) is 0 Å². The quantitative estimate of drug-likeness (QED) is 0.853. The molecule has 2 rings (SSSR count). The van der Waals surface area contributed by atoms with Crippen LogP contribution in [0.15, 0.2) is 11.6 Å². The third-order valence-corrected chi connectivity index (χ3v) is 3.94. The predicted octanol–water partition coefficient (Wildman–Crippen LogP) is 2.01. The Morgan fingerprint density at radius 3 is 3.20 bits per heavy atom. The number of nitrogens with one attached hydrogen (secondary N) is 1. The van der Waals surface area contributed by atoms with Crippen LogP contribution in [0.4, 0.5) is 0 Å². The van der Waals surface area contributed by atoms with E-state index in [9.17, 15) is 0 Å². The molecule has 3 atom stereocenters. The molecule has 2 heterocycles. The topological polar surface area (TPSA) is 34.1 Å². The van der Waals surface area contributed by atoms with Crippen LogP contribution in [0.5, 0.6) is 0 Å². The van der Waals surface area contributed by atoms with Gasteiger partial charge in [-0.1, -0.05) is 6.92 Å². The number of aromatic nitrogens is 1. The van der Waals surface area contributed by atoms with Gasteiger partial charge in [-0.15, -0.1) is 11.3 Å². The molecule has 84 valence electrons. The second-order valence-corrected chi connectivity index (χ2v) is 5.08. The van der Waals surface area contributed by atoms with Crippen molar-refractivity contribution < 1.29 is 4.74 Å². The Labute approximate surface area is 94.9 Å². The van der Waals surface area contributed by atoms with Gasteiger partial charge in [0, 0.05) is 36.7 Å². The molecule has 1 aliphatic heterocycles. The van der Waals surface area contributed by atoms with Crippen molar-refractivity contribution in [3.8, 4) is 0 Å². The summed E-state index contributed by atoms with van der Waals surface area (Å²) < 4.78 is 5.51. The van der Waals surface area contributed by atoms with Crippen LogP contribution < -0.4 is 5.32 Å². The fourth-order valence-electron chi connectivity index (χ4n) is 1.89. The van der Waals surface area contributed by atoms with Crippen molar-refractivity contribution in [2.75, 3.05) is 13.2 Å². The van der Waals surface area contributed by atoms with Crippen LogP contribution in [0, 0.1) is 0 Å². The summed E-state index contributed by atoms with van der Waals surface area (Å²) in [5, 5.41) is 6.81. The Bertz CT molecular complexity index is 289. The summed E-state index contributed by atoms with van der Waals surface area (Å²) in [7, 11) is 0. The van der Waals surface area contributed by atoms with Gasteiger partial charge >= 0.3 is 0 Å². The fraction of sp³-hybridized carbons (Fsp3) is 0.727. The van der Waals surface area contributed by atoms with Crippen LogP contribution in [0.3, 0.4) is 0 Å². The van der Waals surface area contributed by atoms with E-state index in [2.05, 4.69) is 24.1 Å². The zero-order valence-electron chi connectivity index (χ0n) is 9.27. The molecule has 0 aromatic carbocycles. The van der Waals surface area contributed by atoms with Crippen LogP contribution in [-0.4, -0.2) is 30.3 Å². The van der Waals surface area contributed by atoms with Gasteiger partial charge in [-0.05, 0) is 13.3 Å². The van der Waals surface area contributed by atoms with E-state index in [-0.39, 0.29) is 0 Å². The van der Waals surface area contributed by atoms with E-state index in [1.807, 2.05) is 11.6 Å². The zero-order chi connectivity index (χ0) is 10.7. The molecule has 0 bridgehead atoms. The van der Waals surface area contributed by atoms with Crippen molar-refractivity contribution in [3.05, 3.63) is 16.6 Å². The number of hydrogen-bond acceptors (Lipinski definition) is 4. The van der Waals surface area contributed by atoms with Crippen molar-refractivity contribution in [1.29, 1.82) is 0 Å². The van der Waals surface area contributed by atoms with Gasteiger partial charge in [-0.2, -0.15) is 0 Å². The summed E-state index contributed by atoms with van der Waals surface area (Å²) in [5.74, 6) is 0.498. The standard InChI is InChI=1S/C11H18N2OS/c1-8(11-12-4-6-15-11)7-13-10-3-5-14-9(10)2/h4,6,8-10,13H,3,5,7H2,1-2H3. The van der Waals surface area contributed by atoms with Gasteiger partial charge in [0.1, 0.15) is 0 Å². The van der Waals surface area contributed by atoms with Gasteiger partial charge in [0.2, 0.25) is 0 Å². The number of thiazole rings is 1. The first-order valence-corrected chi connectivity index (χ1v) is 6.39. The molecule has 1 aliphatic rings. The molecule has 1 N–H and O–H groups in total. The molecule has 3 nitrogen and oxygen atoms in total. The lowest BCUT2D eigenvalue weighted by atomic mass is 10.1. The van der Waals surface area contributed by atoms with E-state index in [0.717, 1.165) is 19.6 Å². The summed E-state index contributed by atoms with van der Waals surface area (Å²) in [6.45, 7) is 6.24. The Hall–Kier alpha value is -0.450. The maximum atomic E-state index is 5.51. The first-order valence-electron chi connectivity index (χ1n) is 5.51. The van der Waals surface area contributed by atoms with E-state index in [0.29, 0.717) is 18.1 Å². The highest BCUT2D eigenvalue weighted by molar-refractivity contribution is 7.09. The minimum absolute atomic E-state index is 0.355. The Morgan fingerprint density at radius 2 is 2.60 bits per heavy atom. The van der Waals surface area contributed by atoms with Crippen LogP contribution >= 0.6 is 11.3 Å². The lowest BCUT2D eigenvalue weighted by Gasteiger charge is -2.18. The second kappa shape index (κ2) is 5.05. The number of hydrogen-bond donors (Lipinski definition) is 1. The fourth-order valence-corrected chi connectivity index (χ4v) is 2.59. The van der Waals surface area contributed by atoms with Crippen molar-refractivity contribution in [1.82, 2.24) is 10.3 Å². The molecular formula is C11H18N2OS. The summed E-state index contributed by atoms with van der Waals surface area (Å²) in [6.07, 6.45) is 3.36. The Balaban J connectivity index is 1.78. The number of ether oxygens (including phenoxy) is 1. The molecule has 0 saturated carbocycles. The first kappa shape index (κ1) is 11.0. The van der Waals surface area contributed by atoms with Crippen molar-refractivity contribution in [3.63, 3.8) is 0 Å². The van der Waals surface area contributed by atoms with E-state index in [4.69, 9.17) is 4.74 Å². The molecule has 15 heavy (non-hydrogen) atoms.